The maximum atomic E-state index is 5.24. The van der Waals surface area contributed by atoms with Crippen molar-refractivity contribution in [2.75, 3.05) is 33.4 Å². The highest BCUT2D eigenvalue weighted by atomic mass is 16.5. The van der Waals surface area contributed by atoms with Gasteiger partial charge >= 0.3 is 0 Å². The summed E-state index contributed by atoms with van der Waals surface area (Å²) in [5.41, 5.74) is 0. The van der Waals surface area contributed by atoms with Crippen LogP contribution in [0, 0.1) is 5.92 Å². The van der Waals surface area contributed by atoms with E-state index in [4.69, 9.17) is 4.74 Å². The van der Waals surface area contributed by atoms with Crippen molar-refractivity contribution < 1.29 is 4.74 Å². The van der Waals surface area contributed by atoms with Crippen molar-refractivity contribution in [2.45, 2.75) is 52.1 Å². The predicted molar refractivity (Wildman–Crippen MR) is 73.4 cm³/mol. The monoisotopic (exact) mass is 242 g/mol. The molecule has 1 fully saturated rings. The zero-order valence-corrected chi connectivity index (χ0v) is 12.0. The van der Waals surface area contributed by atoms with Crippen LogP contribution in [-0.2, 0) is 4.74 Å². The molecule has 3 heteroatoms. The zero-order valence-electron chi connectivity index (χ0n) is 12.0. The van der Waals surface area contributed by atoms with Crippen molar-refractivity contribution in [3.63, 3.8) is 0 Å². The lowest BCUT2D eigenvalue weighted by molar-refractivity contribution is 0.0929. The molecule has 3 nitrogen and oxygen atoms in total. The van der Waals surface area contributed by atoms with Gasteiger partial charge in [-0.25, -0.2) is 0 Å². The quantitative estimate of drug-likeness (QED) is 0.594. The zero-order chi connectivity index (χ0) is 12.7. The maximum Gasteiger partial charge on any atom is 0.0589 e. The Balaban J connectivity index is 2.44. The Labute approximate surface area is 107 Å². The topological polar surface area (TPSA) is 24.5 Å². The first-order valence-electron chi connectivity index (χ1n) is 7.16. The van der Waals surface area contributed by atoms with E-state index in [0.29, 0.717) is 12.0 Å². The van der Waals surface area contributed by atoms with Gasteiger partial charge in [-0.15, -0.1) is 0 Å². The minimum absolute atomic E-state index is 0.657. The minimum atomic E-state index is 0.657. The average Bonchev–Trinajstić information content (AvgIpc) is 3.11. The number of ether oxygens (including phenoxy) is 1. The van der Waals surface area contributed by atoms with E-state index in [1.54, 1.807) is 7.11 Å². The molecule has 0 aromatic heterocycles. The van der Waals surface area contributed by atoms with Crippen molar-refractivity contribution in [3.8, 4) is 0 Å². The van der Waals surface area contributed by atoms with Gasteiger partial charge in [-0.1, -0.05) is 20.8 Å². The van der Waals surface area contributed by atoms with Crippen molar-refractivity contribution in [2.24, 2.45) is 5.92 Å². The highest BCUT2D eigenvalue weighted by molar-refractivity contribution is 4.90. The van der Waals surface area contributed by atoms with Crippen molar-refractivity contribution in [1.29, 1.82) is 0 Å². The molecule has 0 aliphatic heterocycles. The summed E-state index contributed by atoms with van der Waals surface area (Å²) in [5, 5.41) is 3.57. The number of hydrogen-bond acceptors (Lipinski definition) is 3. The molecule has 0 radical (unpaired) electrons. The fourth-order valence-corrected chi connectivity index (χ4v) is 2.38. The Kier molecular flexibility index (Phi) is 7.09. The molecule has 1 saturated carbocycles. The van der Waals surface area contributed by atoms with Crippen LogP contribution in [0.4, 0.5) is 0 Å². The van der Waals surface area contributed by atoms with Crippen molar-refractivity contribution >= 4 is 0 Å². The summed E-state index contributed by atoms with van der Waals surface area (Å²) in [5.74, 6) is 0.705. The first kappa shape index (κ1) is 14.9. The van der Waals surface area contributed by atoms with Gasteiger partial charge in [-0.2, -0.15) is 0 Å². The van der Waals surface area contributed by atoms with E-state index in [2.05, 4.69) is 31.0 Å². The molecule has 0 aromatic rings. The molecule has 1 aliphatic rings. The van der Waals surface area contributed by atoms with Gasteiger partial charge in [0.1, 0.15) is 0 Å². The van der Waals surface area contributed by atoms with Crippen LogP contribution in [-0.4, -0.2) is 50.3 Å². The minimum Gasteiger partial charge on any atom is -0.383 e. The van der Waals surface area contributed by atoms with Gasteiger partial charge in [0.2, 0.25) is 0 Å². The van der Waals surface area contributed by atoms with Crippen LogP contribution in [0.5, 0.6) is 0 Å². The first-order chi connectivity index (χ1) is 8.20. The molecule has 1 rings (SSSR count). The third kappa shape index (κ3) is 5.36. The maximum absolute atomic E-state index is 5.24. The normalized spacial score (nSPS) is 18.0. The highest BCUT2D eigenvalue weighted by Gasteiger charge is 2.34. The van der Waals surface area contributed by atoms with Gasteiger partial charge < -0.3 is 10.1 Å². The second kappa shape index (κ2) is 8.06. The van der Waals surface area contributed by atoms with Crippen LogP contribution < -0.4 is 5.32 Å². The van der Waals surface area contributed by atoms with Crippen LogP contribution in [0.1, 0.15) is 40.0 Å². The van der Waals surface area contributed by atoms with Crippen LogP contribution >= 0.6 is 0 Å². The molecule has 17 heavy (non-hydrogen) atoms. The van der Waals surface area contributed by atoms with E-state index < -0.39 is 0 Å². The molecule has 1 aliphatic carbocycles. The molecule has 1 N–H and O–H groups in total. The third-order valence-electron chi connectivity index (χ3n) is 3.55. The Morgan fingerprint density at radius 3 is 2.53 bits per heavy atom. The first-order valence-corrected chi connectivity index (χ1v) is 7.16. The third-order valence-corrected chi connectivity index (χ3v) is 3.55. The lowest BCUT2D eigenvalue weighted by atomic mass is 10.0. The second-order valence-corrected chi connectivity index (χ2v) is 5.48. The molecule has 0 aromatic carbocycles. The summed E-state index contributed by atoms with van der Waals surface area (Å²) in [6.07, 6.45) is 3.97. The Hall–Kier alpha value is -0.120. The molecule has 0 amide bonds. The van der Waals surface area contributed by atoms with Gasteiger partial charge in [-0.3, -0.25) is 4.90 Å². The van der Waals surface area contributed by atoms with E-state index in [1.165, 1.54) is 19.3 Å². The van der Waals surface area contributed by atoms with Crippen molar-refractivity contribution in [1.82, 2.24) is 10.2 Å². The summed E-state index contributed by atoms with van der Waals surface area (Å²) >= 11 is 0. The van der Waals surface area contributed by atoms with E-state index in [9.17, 15) is 0 Å². The molecule has 102 valence electrons. The van der Waals surface area contributed by atoms with Crippen LogP contribution in [0.25, 0.3) is 0 Å². The fourth-order valence-electron chi connectivity index (χ4n) is 2.38. The van der Waals surface area contributed by atoms with E-state index in [0.717, 1.165) is 32.3 Å². The lowest BCUT2D eigenvalue weighted by Crippen LogP contribution is -2.48. The second-order valence-electron chi connectivity index (χ2n) is 5.48. The average molecular weight is 242 g/mol. The molecule has 0 heterocycles. The SMILES string of the molecule is CCCNCC(C(C)C)N(CCOC)C1CC1. The molecular weight excluding hydrogens is 212 g/mol. The summed E-state index contributed by atoms with van der Waals surface area (Å²) in [7, 11) is 1.80. The van der Waals surface area contributed by atoms with Crippen molar-refractivity contribution in [3.05, 3.63) is 0 Å². The summed E-state index contributed by atoms with van der Waals surface area (Å²) in [6, 6.07) is 1.48. The number of hydrogen-bond donors (Lipinski definition) is 1. The summed E-state index contributed by atoms with van der Waals surface area (Å²) in [6.45, 7) is 11.1. The van der Waals surface area contributed by atoms with Crippen LogP contribution in [0.15, 0.2) is 0 Å². The molecular formula is C14H30N2O. The fraction of sp³-hybridized carbons (Fsp3) is 1.00. The van der Waals surface area contributed by atoms with Gasteiger partial charge in [0.15, 0.2) is 0 Å². The Morgan fingerprint density at radius 2 is 2.06 bits per heavy atom. The molecule has 0 bridgehead atoms. The molecule has 0 saturated heterocycles. The standard InChI is InChI=1S/C14H30N2O/c1-5-8-15-11-14(12(2)3)16(9-10-17-4)13-6-7-13/h12-15H,5-11H2,1-4H3. The number of nitrogens with zero attached hydrogens (tertiary/aromatic N) is 1. The largest absolute Gasteiger partial charge is 0.383 e. The predicted octanol–water partition coefficient (Wildman–Crippen LogP) is 2.12. The van der Waals surface area contributed by atoms with Gasteiger partial charge in [0.05, 0.1) is 6.61 Å². The summed E-state index contributed by atoms with van der Waals surface area (Å²) < 4.78 is 5.24. The van der Waals surface area contributed by atoms with Crippen LogP contribution in [0.2, 0.25) is 0 Å². The summed E-state index contributed by atoms with van der Waals surface area (Å²) in [4.78, 5) is 2.66. The molecule has 1 atom stereocenters. The van der Waals surface area contributed by atoms with Gasteiger partial charge in [-0.05, 0) is 31.7 Å². The van der Waals surface area contributed by atoms with Crippen LogP contribution in [0.3, 0.4) is 0 Å². The number of rotatable bonds is 10. The number of nitrogens with one attached hydrogen (secondary N) is 1. The molecule has 1 unspecified atom stereocenters. The smallest absolute Gasteiger partial charge is 0.0589 e. The van der Waals surface area contributed by atoms with E-state index in [-0.39, 0.29) is 0 Å². The Morgan fingerprint density at radius 1 is 1.35 bits per heavy atom. The number of methoxy groups -OCH3 is 1. The molecule has 0 spiro atoms. The lowest BCUT2D eigenvalue weighted by Gasteiger charge is -2.34. The Bertz CT molecular complexity index is 193. The van der Waals surface area contributed by atoms with Gasteiger partial charge in [0, 0.05) is 32.3 Å². The van der Waals surface area contributed by atoms with E-state index in [1.807, 2.05) is 0 Å². The van der Waals surface area contributed by atoms with E-state index >= 15 is 0 Å². The van der Waals surface area contributed by atoms with Gasteiger partial charge in [0.25, 0.3) is 0 Å². The highest BCUT2D eigenvalue weighted by Crippen LogP contribution is 2.30.